The lowest BCUT2D eigenvalue weighted by atomic mass is 10.5. The van der Waals surface area contributed by atoms with Gasteiger partial charge in [0.05, 0.1) is 6.54 Å². The van der Waals surface area contributed by atoms with Crippen molar-refractivity contribution in [2.45, 2.75) is 6.54 Å². The molecule has 0 amide bonds. The first-order chi connectivity index (χ1) is 4.70. The van der Waals surface area contributed by atoms with E-state index in [0.717, 1.165) is 12.4 Å². The van der Waals surface area contributed by atoms with Gasteiger partial charge in [0.2, 0.25) is 0 Å². The molecule has 0 aliphatic carbocycles. The topological polar surface area (TPSA) is 34.0 Å². The van der Waals surface area contributed by atoms with Gasteiger partial charge in [0.25, 0.3) is 0 Å². The van der Waals surface area contributed by atoms with Crippen LogP contribution in [0.15, 0.2) is 6.33 Å². The van der Waals surface area contributed by atoms with Crippen molar-refractivity contribution in [1.29, 1.82) is 0 Å². The molecule has 0 radical (unpaired) electrons. The molecular formula is C6H12N4. The highest BCUT2D eigenvalue weighted by atomic mass is 15.3. The third-order valence-corrected chi connectivity index (χ3v) is 1.26. The number of aromatic nitrogens is 3. The van der Waals surface area contributed by atoms with Crippen molar-refractivity contribution in [3.05, 3.63) is 12.2 Å². The molecule has 0 aliphatic heterocycles. The normalized spacial score (nSPS) is 10.8. The van der Waals surface area contributed by atoms with Crippen LogP contribution in [-0.4, -0.2) is 33.8 Å². The van der Waals surface area contributed by atoms with Gasteiger partial charge in [-0.25, -0.2) is 0 Å². The fraction of sp³-hybridized carbons (Fsp3) is 0.667. The van der Waals surface area contributed by atoms with Crippen molar-refractivity contribution < 1.29 is 0 Å². The maximum absolute atomic E-state index is 3.93. The Labute approximate surface area is 60.5 Å². The lowest BCUT2D eigenvalue weighted by Crippen LogP contribution is -2.14. The van der Waals surface area contributed by atoms with Gasteiger partial charge in [0, 0.05) is 7.05 Å². The zero-order valence-corrected chi connectivity index (χ0v) is 6.57. The molecule has 4 nitrogen and oxygen atoms in total. The summed E-state index contributed by atoms with van der Waals surface area (Å²) in [6.45, 7) is 0.844. The van der Waals surface area contributed by atoms with Crippen LogP contribution in [0.25, 0.3) is 0 Å². The van der Waals surface area contributed by atoms with Gasteiger partial charge in [0.15, 0.2) is 0 Å². The molecule has 0 spiro atoms. The van der Waals surface area contributed by atoms with E-state index in [1.54, 1.807) is 6.33 Å². The van der Waals surface area contributed by atoms with Gasteiger partial charge >= 0.3 is 0 Å². The predicted molar refractivity (Wildman–Crippen MR) is 38.4 cm³/mol. The molecule has 1 aromatic rings. The quantitative estimate of drug-likeness (QED) is 0.574. The van der Waals surface area contributed by atoms with E-state index in [1.807, 2.05) is 25.7 Å². The highest BCUT2D eigenvalue weighted by Crippen LogP contribution is 1.93. The van der Waals surface area contributed by atoms with Gasteiger partial charge in [-0.3, -0.25) is 0 Å². The lowest BCUT2D eigenvalue weighted by molar-refractivity contribution is 0.384. The van der Waals surface area contributed by atoms with E-state index in [9.17, 15) is 0 Å². The fourth-order valence-corrected chi connectivity index (χ4v) is 0.733. The molecule has 0 fully saturated rings. The molecule has 0 bridgehead atoms. The van der Waals surface area contributed by atoms with Gasteiger partial charge in [0.1, 0.15) is 12.2 Å². The molecule has 0 aromatic carbocycles. The Morgan fingerprint density at radius 1 is 1.60 bits per heavy atom. The highest BCUT2D eigenvalue weighted by Gasteiger charge is 1.99. The number of aryl methyl sites for hydroxylation is 1. The molecule has 56 valence electrons. The maximum Gasteiger partial charge on any atom is 0.146 e. The molecule has 0 N–H and O–H groups in total. The largest absolute Gasteiger partial charge is 0.320 e. The summed E-state index contributed by atoms with van der Waals surface area (Å²) in [6.07, 6.45) is 1.71. The number of hydrogen-bond donors (Lipinski definition) is 0. The average molecular weight is 140 g/mol. The number of hydrogen-bond acceptors (Lipinski definition) is 3. The van der Waals surface area contributed by atoms with Crippen LogP contribution in [0.3, 0.4) is 0 Å². The van der Waals surface area contributed by atoms with Crippen molar-refractivity contribution in [2.24, 2.45) is 7.05 Å². The summed E-state index contributed by atoms with van der Waals surface area (Å²) in [7, 11) is 5.96. The van der Waals surface area contributed by atoms with E-state index in [2.05, 4.69) is 15.1 Å². The summed E-state index contributed by atoms with van der Waals surface area (Å²) in [6, 6.07) is 0. The van der Waals surface area contributed by atoms with E-state index >= 15 is 0 Å². The van der Waals surface area contributed by atoms with Crippen LogP contribution in [0, 0.1) is 0 Å². The molecular weight excluding hydrogens is 128 g/mol. The molecule has 10 heavy (non-hydrogen) atoms. The monoisotopic (exact) mass is 140 g/mol. The Bertz CT molecular complexity index is 203. The second-order valence-corrected chi connectivity index (χ2v) is 2.60. The van der Waals surface area contributed by atoms with Crippen molar-refractivity contribution in [1.82, 2.24) is 19.7 Å². The van der Waals surface area contributed by atoms with Crippen LogP contribution >= 0.6 is 0 Å². The molecule has 1 rings (SSSR count). The second-order valence-electron chi connectivity index (χ2n) is 2.60. The summed E-state index contributed by atoms with van der Waals surface area (Å²) < 4.78 is 1.92. The summed E-state index contributed by atoms with van der Waals surface area (Å²) in [5, 5.41) is 7.69. The van der Waals surface area contributed by atoms with Crippen molar-refractivity contribution >= 4 is 0 Å². The van der Waals surface area contributed by atoms with Crippen molar-refractivity contribution in [2.75, 3.05) is 14.1 Å². The summed E-state index contributed by atoms with van der Waals surface area (Å²) in [5.74, 6) is 0.991. The minimum atomic E-state index is 0.844. The van der Waals surface area contributed by atoms with Gasteiger partial charge in [-0.2, -0.15) is 0 Å². The van der Waals surface area contributed by atoms with Gasteiger partial charge < -0.3 is 9.47 Å². The van der Waals surface area contributed by atoms with E-state index in [1.165, 1.54) is 0 Å². The summed E-state index contributed by atoms with van der Waals surface area (Å²) in [4.78, 5) is 2.06. The maximum atomic E-state index is 3.93. The first-order valence-electron chi connectivity index (χ1n) is 3.18. The fourth-order valence-electron chi connectivity index (χ4n) is 0.733. The van der Waals surface area contributed by atoms with Gasteiger partial charge in [-0.05, 0) is 14.1 Å². The van der Waals surface area contributed by atoms with Crippen LogP contribution in [0.4, 0.5) is 0 Å². The second kappa shape index (κ2) is 2.79. The zero-order valence-electron chi connectivity index (χ0n) is 6.57. The Hall–Kier alpha value is -0.900. The lowest BCUT2D eigenvalue weighted by Gasteiger charge is -2.06. The minimum absolute atomic E-state index is 0.844. The Morgan fingerprint density at radius 3 is 2.70 bits per heavy atom. The van der Waals surface area contributed by atoms with E-state index in [-0.39, 0.29) is 0 Å². The van der Waals surface area contributed by atoms with Crippen LogP contribution in [0.1, 0.15) is 5.82 Å². The third kappa shape index (κ3) is 1.54. The molecule has 0 unspecified atom stereocenters. The zero-order chi connectivity index (χ0) is 7.56. The number of rotatable bonds is 2. The van der Waals surface area contributed by atoms with E-state index in [0.29, 0.717) is 0 Å². The molecule has 0 saturated heterocycles. The molecule has 0 saturated carbocycles. The van der Waals surface area contributed by atoms with Crippen LogP contribution in [0.5, 0.6) is 0 Å². The van der Waals surface area contributed by atoms with Crippen LogP contribution in [0.2, 0.25) is 0 Å². The first-order valence-corrected chi connectivity index (χ1v) is 3.18. The summed E-state index contributed by atoms with van der Waals surface area (Å²) in [5.41, 5.74) is 0. The average Bonchev–Trinajstić information content (AvgIpc) is 2.15. The predicted octanol–water partition coefficient (Wildman–Crippen LogP) is -0.123. The Morgan fingerprint density at radius 2 is 2.30 bits per heavy atom. The minimum Gasteiger partial charge on any atom is -0.320 e. The standard InChI is InChI=1S/C6H12N4/c1-9(2)4-6-8-7-5-10(6)3/h5H,4H2,1-3H3. The van der Waals surface area contributed by atoms with Crippen LogP contribution < -0.4 is 0 Å². The third-order valence-electron chi connectivity index (χ3n) is 1.26. The molecule has 0 atom stereocenters. The summed E-state index contributed by atoms with van der Waals surface area (Å²) >= 11 is 0. The first kappa shape index (κ1) is 7.21. The van der Waals surface area contributed by atoms with E-state index < -0.39 is 0 Å². The molecule has 1 aromatic heterocycles. The van der Waals surface area contributed by atoms with Gasteiger partial charge in [-0.1, -0.05) is 0 Å². The molecule has 1 heterocycles. The van der Waals surface area contributed by atoms with Gasteiger partial charge in [-0.15, -0.1) is 10.2 Å². The van der Waals surface area contributed by atoms with E-state index in [4.69, 9.17) is 0 Å². The van der Waals surface area contributed by atoms with Crippen molar-refractivity contribution in [3.8, 4) is 0 Å². The molecule has 0 aliphatic rings. The Kier molecular flexibility index (Phi) is 2.01. The smallest absolute Gasteiger partial charge is 0.146 e. The SMILES string of the molecule is CN(C)Cc1nncn1C. The number of nitrogens with zero attached hydrogens (tertiary/aromatic N) is 4. The van der Waals surface area contributed by atoms with Crippen molar-refractivity contribution in [3.63, 3.8) is 0 Å². The molecule has 4 heteroatoms. The highest BCUT2D eigenvalue weighted by molar-refractivity contribution is 4.82. The Balaban J connectivity index is 2.65. The van der Waals surface area contributed by atoms with Crippen LogP contribution in [-0.2, 0) is 13.6 Å².